The lowest BCUT2D eigenvalue weighted by atomic mass is 10.2. The van der Waals surface area contributed by atoms with Crippen LogP contribution in [0.2, 0.25) is 0 Å². The molecule has 0 aromatic heterocycles. The minimum absolute atomic E-state index is 0.282. The van der Waals surface area contributed by atoms with Crippen molar-refractivity contribution in [2.24, 2.45) is 0 Å². The van der Waals surface area contributed by atoms with Crippen molar-refractivity contribution < 1.29 is 19.5 Å². The summed E-state index contributed by atoms with van der Waals surface area (Å²) in [7, 11) is 5.66. The van der Waals surface area contributed by atoms with Crippen LogP contribution in [0, 0.1) is 10.7 Å². The average molecular weight is 220 g/mol. The van der Waals surface area contributed by atoms with Crippen LogP contribution in [0.3, 0.4) is 0 Å². The van der Waals surface area contributed by atoms with Gasteiger partial charge in [-0.05, 0) is 0 Å². The van der Waals surface area contributed by atoms with Gasteiger partial charge < -0.3 is 19.5 Å². The number of carbonyl (C=O) groups excluding carboxylic acids is 1. The number of nitrogens with zero attached hydrogens (tertiary/aromatic N) is 2. The van der Waals surface area contributed by atoms with Crippen LogP contribution in [0.5, 0.6) is 0 Å². The molecule has 0 amide bonds. The summed E-state index contributed by atoms with van der Waals surface area (Å²) in [4.78, 5) is 10.0. The number of quaternary nitrogens is 1. The highest BCUT2D eigenvalue weighted by Gasteiger charge is 2.14. The number of aliphatic hydroxyl groups excluding tert-OH is 1. The molecule has 0 aromatic carbocycles. The molecule has 0 saturated carbocycles. The lowest BCUT2D eigenvalue weighted by molar-refractivity contribution is -0.873. The zero-order chi connectivity index (χ0) is 11.8. The molecule has 0 aromatic rings. The number of carbonyl (C=O) groups is 1. The van der Waals surface area contributed by atoms with Crippen LogP contribution in [-0.2, 0) is 4.79 Å². The summed E-state index contributed by atoms with van der Waals surface area (Å²) in [6.45, 7) is 0.425. The van der Waals surface area contributed by atoms with Crippen molar-refractivity contribution in [2.45, 2.75) is 12.5 Å². The van der Waals surface area contributed by atoms with Gasteiger partial charge in [-0.2, -0.15) is 5.26 Å². The molecule has 0 aliphatic rings. The topological polar surface area (TPSA) is 84.2 Å². The number of hydrogen-bond acceptors (Lipinski definition) is 5. The molecule has 0 fully saturated rings. The first kappa shape index (κ1) is 15.7. The first-order chi connectivity index (χ1) is 6.22. The molecule has 0 rings (SSSR count). The average Bonchev–Trinajstić information content (AvgIpc) is 1.80. The van der Waals surface area contributed by atoms with Gasteiger partial charge >= 0.3 is 0 Å². The standard InChI is InChI=1S/C7H15NO3.CHNS/c1-8(2,3)5-6(9)4-7(10)11;2-1-3/h6,9H,4-5H2,1-3H3;3H. The van der Waals surface area contributed by atoms with Crippen LogP contribution >= 0.6 is 12.6 Å². The number of thiocyanates is 1. The second-order valence-corrected chi connectivity index (χ2v) is 4.00. The van der Waals surface area contributed by atoms with E-state index in [-0.39, 0.29) is 6.42 Å². The summed E-state index contributed by atoms with van der Waals surface area (Å²) in [5.74, 6) is -1.20. The van der Waals surface area contributed by atoms with Crippen LogP contribution in [0.4, 0.5) is 0 Å². The van der Waals surface area contributed by atoms with Gasteiger partial charge in [-0.1, -0.05) is 12.6 Å². The van der Waals surface area contributed by atoms with E-state index in [0.717, 1.165) is 0 Å². The molecule has 14 heavy (non-hydrogen) atoms. The van der Waals surface area contributed by atoms with E-state index in [1.54, 1.807) is 0 Å². The van der Waals surface area contributed by atoms with Crippen molar-refractivity contribution in [3.63, 3.8) is 0 Å². The Morgan fingerprint density at radius 1 is 1.64 bits per heavy atom. The number of hydrogen-bond donors (Lipinski definition) is 2. The third-order valence-electron chi connectivity index (χ3n) is 1.16. The van der Waals surface area contributed by atoms with Crippen LogP contribution < -0.4 is 5.11 Å². The summed E-state index contributed by atoms with van der Waals surface area (Å²) in [6.07, 6.45) is -1.09. The fourth-order valence-corrected chi connectivity index (χ4v) is 0.889. The highest BCUT2D eigenvalue weighted by molar-refractivity contribution is 7.85. The van der Waals surface area contributed by atoms with Gasteiger partial charge in [0.1, 0.15) is 18.0 Å². The number of nitriles is 1. The van der Waals surface area contributed by atoms with Crippen molar-refractivity contribution in [3.8, 4) is 5.40 Å². The first-order valence-electron chi connectivity index (χ1n) is 3.94. The highest BCUT2D eigenvalue weighted by Crippen LogP contribution is 1.97. The molecule has 1 unspecified atom stereocenters. The SMILES string of the molecule is C[N+](C)(C)CC(O)CC(=O)[O-].N#CS. The predicted molar refractivity (Wildman–Crippen MR) is 53.1 cm³/mol. The quantitative estimate of drug-likeness (QED) is 0.346. The van der Waals surface area contributed by atoms with Crippen LogP contribution in [0.25, 0.3) is 0 Å². The van der Waals surface area contributed by atoms with Crippen LogP contribution in [-0.4, -0.2) is 49.4 Å². The lowest BCUT2D eigenvalue weighted by Crippen LogP contribution is -2.43. The van der Waals surface area contributed by atoms with Gasteiger partial charge in [0.2, 0.25) is 0 Å². The fraction of sp³-hybridized carbons (Fsp3) is 0.750. The van der Waals surface area contributed by atoms with E-state index >= 15 is 0 Å². The summed E-state index contributed by atoms with van der Waals surface area (Å²) in [5.41, 5.74) is 0. The largest absolute Gasteiger partial charge is 0.550 e. The van der Waals surface area contributed by atoms with Gasteiger partial charge in [-0.15, -0.1) is 0 Å². The van der Waals surface area contributed by atoms with Gasteiger partial charge in [-0.25, -0.2) is 0 Å². The molecule has 82 valence electrons. The Balaban J connectivity index is 0. The number of carboxylic acid groups (broad SMARTS) is 1. The summed E-state index contributed by atoms with van der Waals surface area (Å²) < 4.78 is 0.550. The Labute approximate surface area is 89.6 Å². The van der Waals surface area contributed by atoms with Crippen molar-refractivity contribution >= 4 is 18.6 Å². The first-order valence-corrected chi connectivity index (χ1v) is 4.39. The number of likely N-dealkylation sites (N-methyl/N-ethyl adjacent to an activating group) is 1. The normalized spacial score (nSPS) is 12.0. The second kappa shape index (κ2) is 7.62. The van der Waals surface area contributed by atoms with E-state index in [1.165, 1.54) is 5.40 Å². The van der Waals surface area contributed by atoms with Gasteiger partial charge in [0.15, 0.2) is 0 Å². The molecule has 5 nitrogen and oxygen atoms in total. The molecular formula is C8H16N2O3S. The molecular weight excluding hydrogens is 204 g/mol. The lowest BCUT2D eigenvalue weighted by Gasteiger charge is -2.26. The number of aliphatic carboxylic acids is 1. The molecule has 1 atom stereocenters. The third kappa shape index (κ3) is 17.4. The Kier molecular flexibility index (Phi) is 8.54. The Morgan fingerprint density at radius 2 is 2.00 bits per heavy atom. The molecule has 6 heteroatoms. The molecule has 0 aliphatic carbocycles. The Morgan fingerprint density at radius 3 is 2.21 bits per heavy atom. The molecule has 0 aliphatic heterocycles. The summed E-state index contributed by atoms with van der Waals surface area (Å²) >= 11 is 3.09. The van der Waals surface area contributed by atoms with E-state index in [0.29, 0.717) is 11.0 Å². The van der Waals surface area contributed by atoms with Gasteiger partial charge in [-0.3, -0.25) is 0 Å². The number of aliphatic hydroxyl groups is 1. The van der Waals surface area contributed by atoms with Crippen molar-refractivity contribution in [1.82, 2.24) is 0 Å². The molecule has 0 bridgehead atoms. The molecule has 0 spiro atoms. The van der Waals surface area contributed by atoms with E-state index in [2.05, 4.69) is 12.6 Å². The molecule has 0 radical (unpaired) electrons. The van der Waals surface area contributed by atoms with Crippen molar-refractivity contribution in [1.29, 1.82) is 5.26 Å². The zero-order valence-corrected chi connectivity index (χ0v) is 9.49. The number of thiol groups is 1. The Bertz CT molecular complexity index is 208. The van der Waals surface area contributed by atoms with Crippen molar-refractivity contribution in [2.75, 3.05) is 27.7 Å². The summed E-state index contributed by atoms with van der Waals surface area (Å²) in [6, 6.07) is 0. The molecule has 0 saturated heterocycles. The van der Waals surface area contributed by atoms with E-state index in [1.807, 2.05) is 21.1 Å². The maximum atomic E-state index is 10.0. The maximum absolute atomic E-state index is 10.0. The van der Waals surface area contributed by atoms with Gasteiger partial charge in [0, 0.05) is 12.4 Å². The molecule has 1 N–H and O–H groups in total. The fourth-order valence-electron chi connectivity index (χ4n) is 0.889. The van der Waals surface area contributed by atoms with Crippen LogP contribution in [0.15, 0.2) is 0 Å². The smallest absolute Gasteiger partial charge is 0.130 e. The minimum Gasteiger partial charge on any atom is -0.550 e. The van der Waals surface area contributed by atoms with E-state index < -0.39 is 12.1 Å². The number of carboxylic acids is 1. The monoisotopic (exact) mass is 220 g/mol. The van der Waals surface area contributed by atoms with Crippen LogP contribution in [0.1, 0.15) is 6.42 Å². The molecule has 0 heterocycles. The maximum Gasteiger partial charge on any atom is 0.130 e. The second-order valence-electron chi connectivity index (χ2n) is 3.80. The summed E-state index contributed by atoms with van der Waals surface area (Å²) in [5, 5.41) is 27.8. The third-order valence-corrected chi connectivity index (χ3v) is 1.16. The van der Waals surface area contributed by atoms with Crippen molar-refractivity contribution in [3.05, 3.63) is 0 Å². The zero-order valence-electron chi connectivity index (χ0n) is 8.60. The number of rotatable bonds is 4. The Hall–Kier alpha value is -0.770. The van der Waals surface area contributed by atoms with Gasteiger partial charge in [0.25, 0.3) is 0 Å². The highest BCUT2D eigenvalue weighted by atomic mass is 32.1. The van der Waals surface area contributed by atoms with E-state index in [4.69, 9.17) is 10.4 Å². The minimum atomic E-state index is -1.20. The van der Waals surface area contributed by atoms with E-state index in [9.17, 15) is 9.90 Å². The predicted octanol–water partition coefficient (Wildman–Crippen LogP) is -1.41. The van der Waals surface area contributed by atoms with Gasteiger partial charge in [0.05, 0.1) is 21.1 Å².